The zero-order valence-electron chi connectivity index (χ0n) is 10.1. The highest BCUT2D eigenvalue weighted by molar-refractivity contribution is 7.91. The number of imidazole rings is 1. The number of aromatic nitrogens is 2. The number of para-hydroxylation sites is 1. The number of hydrogen-bond donors (Lipinski definition) is 1. The first kappa shape index (κ1) is 12.4. The maximum atomic E-state index is 13.5. The third-order valence-electron chi connectivity index (χ3n) is 3.53. The van der Waals surface area contributed by atoms with Crippen molar-refractivity contribution < 1.29 is 12.8 Å². The molecule has 102 valence electrons. The van der Waals surface area contributed by atoms with Gasteiger partial charge in [-0.2, -0.15) is 0 Å². The molecule has 5 nitrogen and oxygen atoms in total. The van der Waals surface area contributed by atoms with E-state index in [1.54, 1.807) is 6.07 Å². The number of nitrogens with one attached hydrogen (secondary N) is 1. The first-order chi connectivity index (χ1) is 8.96. The zero-order chi connectivity index (χ0) is 13.6. The van der Waals surface area contributed by atoms with Crippen molar-refractivity contribution in [1.29, 1.82) is 0 Å². The molecule has 7 heteroatoms. The average Bonchev–Trinajstić information content (AvgIpc) is 2.83. The fraction of sp³-hybridized carbons (Fsp3) is 0.417. The molecule has 1 N–H and O–H groups in total. The van der Waals surface area contributed by atoms with E-state index in [9.17, 15) is 17.6 Å². The van der Waals surface area contributed by atoms with Crippen molar-refractivity contribution in [3.05, 3.63) is 34.5 Å². The summed E-state index contributed by atoms with van der Waals surface area (Å²) in [6, 6.07) is 4.47. The van der Waals surface area contributed by atoms with Crippen LogP contribution in [0, 0.1) is 11.7 Å². The molecular weight excluding hydrogens is 271 g/mol. The fourth-order valence-electron chi connectivity index (χ4n) is 2.60. The summed E-state index contributed by atoms with van der Waals surface area (Å²) in [5, 5.41) is 0. The smallest absolute Gasteiger partial charge is 0.303 e. The molecule has 1 atom stereocenters. The Bertz CT molecular complexity index is 791. The number of halogens is 1. The van der Waals surface area contributed by atoms with Crippen LogP contribution in [0.25, 0.3) is 11.0 Å². The van der Waals surface area contributed by atoms with Gasteiger partial charge in [0, 0.05) is 6.54 Å². The first-order valence-electron chi connectivity index (χ1n) is 6.04. The lowest BCUT2D eigenvalue weighted by molar-refractivity contribution is 0.490. The molecule has 19 heavy (non-hydrogen) atoms. The molecular formula is C12H13FN2O3S. The summed E-state index contributed by atoms with van der Waals surface area (Å²) in [4.78, 5) is 14.3. The Morgan fingerprint density at radius 1 is 1.42 bits per heavy atom. The van der Waals surface area contributed by atoms with Crippen molar-refractivity contribution >= 4 is 20.9 Å². The van der Waals surface area contributed by atoms with Gasteiger partial charge in [-0.25, -0.2) is 17.6 Å². The van der Waals surface area contributed by atoms with Crippen LogP contribution < -0.4 is 5.69 Å². The Kier molecular flexibility index (Phi) is 2.74. The molecule has 3 rings (SSSR count). The molecule has 0 bridgehead atoms. The van der Waals surface area contributed by atoms with Gasteiger partial charge >= 0.3 is 5.69 Å². The van der Waals surface area contributed by atoms with Gasteiger partial charge in [0.2, 0.25) is 0 Å². The number of benzene rings is 1. The van der Waals surface area contributed by atoms with E-state index in [1.165, 1.54) is 16.7 Å². The number of nitrogens with zero attached hydrogens (tertiary/aromatic N) is 1. The molecule has 0 amide bonds. The van der Waals surface area contributed by atoms with E-state index in [4.69, 9.17) is 0 Å². The van der Waals surface area contributed by atoms with E-state index in [0.29, 0.717) is 18.5 Å². The molecule has 1 aromatic heterocycles. The van der Waals surface area contributed by atoms with Crippen LogP contribution in [0.5, 0.6) is 0 Å². The molecule has 0 saturated carbocycles. The Morgan fingerprint density at radius 2 is 2.21 bits per heavy atom. The lowest BCUT2D eigenvalue weighted by Gasteiger charge is -2.08. The van der Waals surface area contributed by atoms with Crippen molar-refractivity contribution in [3.8, 4) is 0 Å². The SMILES string of the molecule is O=c1[nH]c2c(F)cccc2n1CC1CCS(=O)(=O)C1. The topological polar surface area (TPSA) is 71.9 Å². The zero-order valence-corrected chi connectivity index (χ0v) is 10.9. The number of rotatable bonds is 2. The van der Waals surface area contributed by atoms with Crippen molar-refractivity contribution in [2.75, 3.05) is 11.5 Å². The van der Waals surface area contributed by atoms with Crippen molar-refractivity contribution in [1.82, 2.24) is 9.55 Å². The van der Waals surface area contributed by atoms with Crippen molar-refractivity contribution in [2.45, 2.75) is 13.0 Å². The average molecular weight is 284 g/mol. The van der Waals surface area contributed by atoms with Gasteiger partial charge in [-0.15, -0.1) is 0 Å². The Hall–Kier alpha value is -1.63. The summed E-state index contributed by atoms with van der Waals surface area (Å²) in [7, 11) is -2.97. The van der Waals surface area contributed by atoms with Gasteiger partial charge in [0.15, 0.2) is 9.84 Å². The van der Waals surface area contributed by atoms with E-state index < -0.39 is 21.3 Å². The van der Waals surface area contributed by atoms with Crippen LogP contribution >= 0.6 is 0 Å². The second-order valence-corrected chi connectivity index (χ2v) is 7.17. The van der Waals surface area contributed by atoms with Crippen LogP contribution in [0.1, 0.15) is 6.42 Å². The van der Waals surface area contributed by atoms with Crippen molar-refractivity contribution in [3.63, 3.8) is 0 Å². The van der Waals surface area contributed by atoms with Crippen LogP contribution in [0.2, 0.25) is 0 Å². The molecule has 0 radical (unpaired) electrons. The molecule has 1 aliphatic heterocycles. The normalized spacial score (nSPS) is 22.1. The van der Waals surface area contributed by atoms with Crippen LogP contribution in [0.15, 0.2) is 23.0 Å². The molecule has 1 fully saturated rings. The third kappa shape index (κ3) is 2.18. The first-order valence-corrected chi connectivity index (χ1v) is 7.86. The minimum atomic E-state index is -2.97. The predicted molar refractivity (Wildman–Crippen MR) is 69.3 cm³/mol. The highest BCUT2D eigenvalue weighted by Crippen LogP contribution is 2.22. The van der Waals surface area contributed by atoms with Gasteiger partial charge in [0.1, 0.15) is 11.3 Å². The molecule has 1 unspecified atom stereocenters. The number of aromatic amines is 1. The number of hydrogen-bond acceptors (Lipinski definition) is 3. The minimum absolute atomic E-state index is 0.0787. The molecule has 2 heterocycles. The summed E-state index contributed by atoms with van der Waals surface area (Å²) in [6.45, 7) is 0.307. The maximum Gasteiger partial charge on any atom is 0.326 e. The summed E-state index contributed by atoms with van der Waals surface area (Å²) < 4.78 is 37.8. The maximum absolute atomic E-state index is 13.5. The highest BCUT2D eigenvalue weighted by Gasteiger charge is 2.28. The van der Waals surface area contributed by atoms with Gasteiger partial charge in [0.05, 0.1) is 17.0 Å². The summed E-state index contributed by atoms with van der Waals surface area (Å²) in [5.74, 6) is -0.290. The van der Waals surface area contributed by atoms with E-state index in [1.807, 2.05) is 0 Å². The molecule has 1 aromatic carbocycles. The summed E-state index contributed by atoms with van der Waals surface area (Å²) in [5.41, 5.74) is 0.257. The lowest BCUT2D eigenvalue weighted by Crippen LogP contribution is -2.22. The summed E-state index contributed by atoms with van der Waals surface area (Å²) in [6.07, 6.45) is 0.552. The van der Waals surface area contributed by atoms with E-state index >= 15 is 0 Å². The Balaban J connectivity index is 2.00. The standard InChI is InChI=1S/C12H13FN2O3S/c13-9-2-1-3-10-11(9)14-12(16)15(10)6-8-4-5-19(17,18)7-8/h1-3,8H,4-7H2,(H,14,16). The van der Waals surface area contributed by atoms with Crippen LogP contribution in [0.3, 0.4) is 0 Å². The van der Waals surface area contributed by atoms with E-state index in [-0.39, 0.29) is 22.9 Å². The largest absolute Gasteiger partial charge is 0.326 e. The second-order valence-electron chi connectivity index (χ2n) is 4.94. The monoisotopic (exact) mass is 284 g/mol. The number of fused-ring (bicyclic) bond motifs is 1. The van der Waals surface area contributed by atoms with Crippen LogP contribution in [-0.4, -0.2) is 29.5 Å². The molecule has 0 aliphatic carbocycles. The quantitative estimate of drug-likeness (QED) is 0.890. The third-order valence-corrected chi connectivity index (χ3v) is 5.36. The summed E-state index contributed by atoms with van der Waals surface area (Å²) >= 11 is 0. The van der Waals surface area contributed by atoms with E-state index in [0.717, 1.165) is 0 Å². The minimum Gasteiger partial charge on any atom is -0.303 e. The lowest BCUT2D eigenvalue weighted by atomic mass is 10.1. The molecule has 1 aliphatic rings. The van der Waals surface area contributed by atoms with Crippen LogP contribution in [0.4, 0.5) is 4.39 Å². The highest BCUT2D eigenvalue weighted by atomic mass is 32.2. The number of sulfone groups is 1. The van der Waals surface area contributed by atoms with Gasteiger partial charge in [-0.05, 0) is 24.5 Å². The van der Waals surface area contributed by atoms with Gasteiger partial charge in [0.25, 0.3) is 0 Å². The van der Waals surface area contributed by atoms with Crippen LogP contribution in [-0.2, 0) is 16.4 Å². The van der Waals surface area contributed by atoms with Gasteiger partial charge in [-0.3, -0.25) is 4.57 Å². The number of H-pyrrole nitrogens is 1. The van der Waals surface area contributed by atoms with E-state index in [2.05, 4.69) is 4.98 Å². The van der Waals surface area contributed by atoms with Crippen molar-refractivity contribution in [2.24, 2.45) is 5.92 Å². The molecule has 1 saturated heterocycles. The fourth-order valence-corrected chi connectivity index (χ4v) is 4.45. The molecule has 0 spiro atoms. The van der Waals surface area contributed by atoms with Gasteiger partial charge in [-0.1, -0.05) is 6.07 Å². The molecule has 2 aromatic rings. The van der Waals surface area contributed by atoms with Gasteiger partial charge < -0.3 is 4.98 Å². The Morgan fingerprint density at radius 3 is 2.89 bits per heavy atom. The predicted octanol–water partition coefficient (Wildman–Crippen LogP) is 0.903. The Labute approximate surface area is 109 Å². The second kappa shape index (κ2) is 4.19.